The summed E-state index contributed by atoms with van der Waals surface area (Å²) in [5, 5.41) is 0. The maximum absolute atomic E-state index is 13.2. The van der Waals surface area contributed by atoms with Crippen molar-refractivity contribution in [1.29, 1.82) is 0 Å². The number of hydrogen-bond donors (Lipinski definition) is 2. The number of benzene rings is 1. The topological polar surface area (TPSA) is 117 Å². The molecule has 22 heavy (non-hydrogen) atoms. The molecule has 2 aromatic rings. The minimum Gasteiger partial charge on any atom is -0.457 e. The van der Waals surface area contributed by atoms with Crippen LogP contribution in [-0.4, -0.2) is 20.9 Å². The maximum Gasteiger partial charge on any atom is 0.310 e. The van der Waals surface area contributed by atoms with Gasteiger partial charge in [-0.05, 0) is 30.0 Å². The Kier molecular flexibility index (Phi) is 3.58. The van der Waals surface area contributed by atoms with E-state index in [1.807, 2.05) is 0 Å². The summed E-state index contributed by atoms with van der Waals surface area (Å²) in [6, 6.07) is 6.23. The highest BCUT2D eigenvalue weighted by Gasteiger charge is 2.45. The Morgan fingerprint density at radius 3 is 2.68 bits per heavy atom. The second-order valence-corrected chi connectivity index (χ2v) is 5.08. The van der Waals surface area contributed by atoms with Crippen LogP contribution in [-0.2, 0) is 16.1 Å². The lowest BCUT2D eigenvalue weighted by atomic mass is 10.1. The van der Waals surface area contributed by atoms with E-state index in [2.05, 4.69) is 15.0 Å². The molecule has 1 heterocycles. The lowest BCUT2D eigenvalue weighted by Crippen LogP contribution is -2.12. The third-order valence-corrected chi connectivity index (χ3v) is 3.43. The average Bonchev–Trinajstić information content (AvgIpc) is 3.24. The van der Waals surface area contributed by atoms with E-state index in [4.69, 9.17) is 16.2 Å². The summed E-state index contributed by atoms with van der Waals surface area (Å²) < 4.78 is 18.3. The molecule has 1 aliphatic rings. The Balaban J connectivity index is 1.57. The van der Waals surface area contributed by atoms with Gasteiger partial charge in [-0.25, -0.2) is 4.39 Å². The first-order valence-corrected chi connectivity index (χ1v) is 6.71. The van der Waals surface area contributed by atoms with Crippen LogP contribution in [0.25, 0.3) is 0 Å². The van der Waals surface area contributed by atoms with Crippen molar-refractivity contribution in [2.75, 3.05) is 11.5 Å². The molecule has 114 valence electrons. The molecule has 4 N–H and O–H groups in total. The lowest BCUT2D eigenvalue weighted by molar-refractivity contribution is -0.146. The van der Waals surface area contributed by atoms with Gasteiger partial charge >= 0.3 is 5.97 Å². The van der Waals surface area contributed by atoms with Gasteiger partial charge in [0.15, 0.2) is 12.4 Å². The van der Waals surface area contributed by atoms with Crippen LogP contribution in [0.3, 0.4) is 0 Å². The molecule has 7 nitrogen and oxygen atoms in total. The van der Waals surface area contributed by atoms with E-state index in [1.165, 1.54) is 12.1 Å². The Morgan fingerprint density at radius 1 is 1.27 bits per heavy atom. The Labute approximate surface area is 125 Å². The number of carbonyl (C=O) groups is 1. The third kappa shape index (κ3) is 3.11. The smallest absolute Gasteiger partial charge is 0.310 e. The number of hydrogen-bond acceptors (Lipinski definition) is 7. The summed E-state index contributed by atoms with van der Waals surface area (Å²) in [5.74, 6) is -0.805. The van der Waals surface area contributed by atoms with Gasteiger partial charge in [-0.15, -0.1) is 0 Å². The Bertz CT molecular complexity index is 704. The molecular weight excluding hydrogens is 289 g/mol. The fourth-order valence-corrected chi connectivity index (χ4v) is 2.33. The van der Waals surface area contributed by atoms with Gasteiger partial charge in [-0.3, -0.25) is 4.79 Å². The summed E-state index contributed by atoms with van der Waals surface area (Å²) >= 11 is 0. The number of carbonyl (C=O) groups excluding carboxylic acids is 1. The number of nitrogens with two attached hydrogens (primary N) is 2. The highest BCUT2D eigenvalue weighted by atomic mass is 19.1. The first-order chi connectivity index (χ1) is 10.5. The SMILES string of the molecule is Nc1nc(N)nc(COC(=O)C2CC2c2cccc(F)c2)n1. The monoisotopic (exact) mass is 303 g/mol. The van der Waals surface area contributed by atoms with Gasteiger partial charge in [0.1, 0.15) is 5.82 Å². The first kappa shape index (κ1) is 14.2. The molecule has 0 amide bonds. The number of nitrogens with zero attached hydrogens (tertiary/aromatic N) is 3. The van der Waals surface area contributed by atoms with Gasteiger partial charge in [0.2, 0.25) is 11.9 Å². The zero-order chi connectivity index (χ0) is 15.7. The van der Waals surface area contributed by atoms with Crippen molar-refractivity contribution < 1.29 is 13.9 Å². The van der Waals surface area contributed by atoms with Gasteiger partial charge in [-0.1, -0.05) is 12.1 Å². The van der Waals surface area contributed by atoms with Crippen LogP contribution in [0.4, 0.5) is 16.3 Å². The molecule has 3 rings (SSSR count). The highest BCUT2D eigenvalue weighted by molar-refractivity contribution is 5.77. The van der Waals surface area contributed by atoms with Gasteiger partial charge in [0.25, 0.3) is 0 Å². The molecule has 1 aliphatic carbocycles. The van der Waals surface area contributed by atoms with Gasteiger partial charge in [-0.2, -0.15) is 15.0 Å². The van der Waals surface area contributed by atoms with Crippen LogP contribution in [0.1, 0.15) is 23.7 Å². The molecule has 0 radical (unpaired) electrons. The molecule has 0 aliphatic heterocycles. The van der Waals surface area contributed by atoms with E-state index in [0.717, 1.165) is 5.56 Å². The van der Waals surface area contributed by atoms with Gasteiger partial charge in [0, 0.05) is 0 Å². The Hall–Kier alpha value is -2.77. The van der Waals surface area contributed by atoms with Gasteiger partial charge in [0.05, 0.1) is 5.92 Å². The van der Waals surface area contributed by atoms with E-state index in [0.29, 0.717) is 6.42 Å². The standard InChI is InChI=1S/C14H14FN5O2/c15-8-3-1-2-7(4-8)9-5-10(9)12(21)22-6-11-18-13(16)20-14(17)19-11/h1-4,9-10H,5-6H2,(H4,16,17,18,19,20). The zero-order valence-electron chi connectivity index (χ0n) is 11.6. The van der Waals surface area contributed by atoms with Crippen molar-refractivity contribution in [3.8, 4) is 0 Å². The lowest BCUT2D eigenvalue weighted by Gasteiger charge is -2.05. The van der Waals surface area contributed by atoms with Crippen molar-refractivity contribution in [2.24, 2.45) is 5.92 Å². The summed E-state index contributed by atoms with van der Waals surface area (Å²) in [4.78, 5) is 23.2. The summed E-state index contributed by atoms with van der Waals surface area (Å²) in [7, 11) is 0. The fraction of sp³-hybridized carbons (Fsp3) is 0.286. The number of esters is 1. The number of rotatable bonds is 4. The molecule has 0 spiro atoms. The molecule has 1 saturated carbocycles. The summed E-state index contributed by atoms with van der Waals surface area (Å²) in [6.45, 7) is -0.123. The van der Waals surface area contributed by atoms with Gasteiger partial charge < -0.3 is 16.2 Å². The Morgan fingerprint density at radius 2 is 2.00 bits per heavy atom. The van der Waals surface area contributed by atoms with Crippen molar-refractivity contribution in [2.45, 2.75) is 18.9 Å². The second-order valence-electron chi connectivity index (χ2n) is 5.08. The number of nitrogen functional groups attached to an aromatic ring is 2. The van der Waals surface area contributed by atoms with E-state index < -0.39 is 0 Å². The number of ether oxygens (including phenoxy) is 1. The molecule has 1 aromatic carbocycles. The molecule has 0 saturated heterocycles. The normalized spacial score (nSPS) is 19.7. The summed E-state index contributed by atoms with van der Waals surface area (Å²) in [6.07, 6.45) is 0.643. The number of anilines is 2. The minimum absolute atomic E-state index is 0.00306. The zero-order valence-corrected chi connectivity index (χ0v) is 11.6. The molecule has 8 heteroatoms. The highest BCUT2D eigenvalue weighted by Crippen LogP contribution is 2.48. The second kappa shape index (κ2) is 5.55. The third-order valence-electron chi connectivity index (χ3n) is 3.43. The number of aromatic nitrogens is 3. The molecule has 0 bridgehead atoms. The van der Waals surface area contributed by atoms with Crippen LogP contribution < -0.4 is 11.5 Å². The maximum atomic E-state index is 13.2. The first-order valence-electron chi connectivity index (χ1n) is 6.71. The predicted molar refractivity (Wildman–Crippen MR) is 75.7 cm³/mol. The van der Waals surface area contributed by atoms with E-state index >= 15 is 0 Å². The van der Waals surface area contributed by atoms with Crippen LogP contribution in [0, 0.1) is 11.7 Å². The fourth-order valence-electron chi connectivity index (χ4n) is 2.33. The van der Waals surface area contributed by atoms with Crippen LogP contribution in [0.2, 0.25) is 0 Å². The molecule has 2 unspecified atom stereocenters. The quantitative estimate of drug-likeness (QED) is 0.810. The minimum atomic E-state index is -0.369. The van der Waals surface area contributed by atoms with Crippen molar-refractivity contribution in [3.05, 3.63) is 41.5 Å². The van der Waals surface area contributed by atoms with E-state index in [-0.39, 0.29) is 48.0 Å². The van der Waals surface area contributed by atoms with E-state index in [9.17, 15) is 9.18 Å². The van der Waals surface area contributed by atoms with E-state index in [1.54, 1.807) is 12.1 Å². The molecule has 1 fully saturated rings. The molecular formula is C14H14FN5O2. The van der Waals surface area contributed by atoms with Crippen molar-refractivity contribution >= 4 is 17.9 Å². The number of halogens is 1. The summed E-state index contributed by atoms with van der Waals surface area (Å²) in [5.41, 5.74) is 11.7. The largest absolute Gasteiger partial charge is 0.457 e. The predicted octanol–water partition coefficient (Wildman–Crippen LogP) is 1.02. The average molecular weight is 303 g/mol. The molecule has 1 aromatic heterocycles. The van der Waals surface area contributed by atoms with Crippen LogP contribution in [0.5, 0.6) is 0 Å². The van der Waals surface area contributed by atoms with Crippen LogP contribution in [0.15, 0.2) is 24.3 Å². The van der Waals surface area contributed by atoms with Crippen molar-refractivity contribution in [1.82, 2.24) is 15.0 Å². The van der Waals surface area contributed by atoms with Crippen LogP contribution >= 0.6 is 0 Å². The van der Waals surface area contributed by atoms with Crippen molar-refractivity contribution in [3.63, 3.8) is 0 Å². The molecule has 2 atom stereocenters.